The van der Waals surface area contributed by atoms with Gasteiger partial charge in [-0.25, -0.2) is 9.97 Å². The summed E-state index contributed by atoms with van der Waals surface area (Å²) in [5.74, 6) is -0.662. The molecule has 0 bridgehead atoms. The minimum absolute atomic E-state index is 0.0975. The molecule has 38 heavy (non-hydrogen) atoms. The molecule has 0 unspecified atom stereocenters. The summed E-state index contributed by atoms with van der Waals surface area (Å²) in [6, 6.07) is 18.8. The van der Waals surface area contributed by atoms with Gasteiger partial charge in [-0.15, -0.1) is 11.3 Å². The zero-order chi connectivity index (χ0) is 26.6. The van der Waals surface area contributed by atoms with Gasteiger partial charge in [-0.1, -0.05) is 30.0 Å². The van der Waals surface area contributed by atoms with Crippen LogP contribution >= 0.6 is 23.1 Å². The van der Waals surface area contributed by atoms with E-state index in [9.17, 15) is 25.0 Å². The van der Waals surface area contributed by atoms with Crippen LogP contribution in [0.3, 0.4) is 0 Å². The fourth-order valence-corrected chi connectivity index (χ4v) is 5.56. The van der Waals surface area contributed by atoms with Crippen molar-refractivity contribution in [1.82, 2.24) is 14.9 Å². The first-order valence-electron chi connectivity index (χ1n) is 11.3. The van der Waals surface area contributed by atoms with Gasteiger partial charge in [0.05, 0.1) is 27.3 Å². The molecule has 9 nitrogen and oxygen atoms in total. The fraction of sp³-hybridized carbons (Fsp3) is 0.0741. The Hall–Kier alpha value is -4.66. The van der Waals surface area contributed by atoms with Crippen molar-refractivity contribution in [3.8, 4) is 6.07 Å². The number of imide groups is 1. The number of aromatic nitrogens is 2. The van der Waals surface area contributed by atoms with Gasteiger partial charge in [-0.3, -0.25) is 24.6 Å². The number of carbonyl (C=O) groups excluding carboxylic acids is 2. The third kappa shape index (κ3) is 5.08. The number of benzene rings is 2. The normalized spacial score (nSPS) is 12.9. The number of non-ortho nitro benzene ring substituents is 1. The number of nitro groups is 1. The van der Waals surface area contributed by atoms with Crippen LogP contribution in [0.4, 0.5) is 5.69 Å². The third-order valence-electron chi connectivity index (χ3n) is 5.73. The molecule has 1 aliphatic heterocycles. The molecular formula is C27H17N5O4S2. The predicted molar refractivity (Wildman–Crippen MR) is 143 cm³/mol. The second-order valence-corrected chi connectivity index (χ2v) is 10.0. The van der Waals surface area contributed by atoms with Crippen LogP contribution in [0.25, 0.3) is 11.6 Å². The second kappa shape index (κ2) is 10.8. The summed E-state index contributed by atoms with van der Waals surface area (Å²) < 4.78 is 0. The lowest BCUT2D eigenvalue weighted by molar-refractivity contribution is -0.384. The van der Waals surface area contributed by atoms with E-state index in [0.29, 0.717) is 43.7 Å². The number of allylic oxidation sites excluding steroid dienone is 1. The Kier molecular flexibility index (Phi) is 7.08. The number of thiazole rings is 1. The SMILES string of the molecule is N#C/C(=C\c1cc([N+](=O)[O-])ccc1Sc1ccccn1)c1nc(CCN2C(=O)c3ccccc3C2=O)cs1. The van der Waals surface area contributed by atoms with E-state index in [1.54, 1.807) is 54.1 Å². The molecule has 0 aliphatic carbocycles. The molecule has 0 saturated carbocycles. The smallest absolute Gasteiger partial charge is 0.270 e. The van der Waals surface area contributed by atoms with Crippen LogP contribution in [0.1, 0.15) is 37.0 Å². The molecule has 1 aliphatic rings. The number of nitro benzene ring substituents is 1. The number of amides is 2. The van der Waals surface area contributed by atoms with Crippen molar-refractivity contribution in [2.24, 2.45) is 0 Å². The highest BCUT2D eigenvalue weighted by Crippen LogP contribution is 2.34. The van der Waals surface area contributed by atoms with Gasteiger partial charge in [-0.05, 0) is 42.0 Å². The minimum Gasteiger partial charge on any atom is -0.274 e. The molecule has 3 heterocycles. The summed E-state index contributed by atoms with van der Waals surface area (Å²) in [6.45, 7) is 0.164. The first-order valence-corrected chi connectivity index (χ1v) is 13.0. The maximum atomic E-state index is 12.6. The fourth-order valence-electron chi connectivity index (χ4n) is 3.89. The van der Waals surface area contributed by atoms with Crippen LogP contribution in [-0.2, 0) is 6.42 Å². The average Bonchev–Trinajstić information content (AvgIpc) is 3.50. The Bertz CT molecular complexity index is 1610. The Morgan fingerprint density at radius 2 is 1.84 bits per heavy atom. The predicted octanol–water partition coefficient (Wildman–Crippen LogP) is 5.50. The van der Waals surface area contributed by atoms with Crippen molar-refractivity contribution < 1.29 is 14.5 Å². The van der Waals surface area contributed by atoms with Gasteiger partial charge in [0.25, 0.3) is 17.5 Å². The topological polar surface area (TPSA) is 130 Å². The first kappa shape index (κ1) is 25.0. The Morgan fingerprint density at radius 3 is 2.50 bits per heavy atom. The number of fused-ring (bicyclic) bond motifs is 1. The van der Waals surface area contributed by atoms with E-state index in [1.165, 1.54) is 40.1 Å². The first-order chi connectivity index (χ1) is 18.4. The molecule has 2 amide bonds. The maximum Gasteiger partial charge on any atom is 0.270 e. The van der Waals surface area contributed by atoms with Gasteiger partial charge >= 0.3 is 0 Å². The van der Waals surface area contributed by atoms with E-state index in [1.807, 2.05) is 12.1 Å². The molecular weight excluding hydrogens is 522 g/mol. The van der Waals surface area contributed by atoms with Crippen molar-refractivity contribution in [2.45, 2.75) is 16.3 Å². The summed E-state index contributed by atoms with van der Waals surface area (Å²) in [5, 5.41) is 24.2. The summed E-state index contributed by atoms with van der Waals surface area (Å²) in [6.07, 6.45) is 3.56. The van der Waals surface area contributed by atoms with Crippen molar-refractivity contribution >= 4 is 52.2 Å². The molecule has 0 spiro atoms. The minimum atomic E-state index is -0.487. The molecule has 5 rings (SSSR count). The number of pyridine rings is 1. The van der Waals surface area contributed by atoms with Crippen molar-refractivity contribution in [3.05, 3.63) is 110 Å². The quantitative estimate of drug-likeness (QED) is 0.124. The van der Waals surface area contributed by atoms with Gasteiger partial charge in [0.1, 0.15) is 16.1 Å². The largest absolute Gasteiger partial charge is 0.274 e. The molecule has 0 fully saturated rings. The summed E-state index contributed by atoms with van der Waals surface area (Å²) >= 11 is 2.58. The average molecular weight is 540 g/mol. The number of carbonyl (C=O) groups is 2. The number of nitrogens with zero attached hydrogens (tertiary/aromatic N) is 5. The molecule has 0 radical (unpaired) electrons. The molecule has 0 atom stereocenters. The molecule has 0 saturated heterocycles. The molecule has 4 aromatic rings. The van der Waals surface area contributed by atoms with Crippen LogP contribution in [0.5, 0.6) is 0 Å². The van der Waals surface area contributed by atoms with Crippen LogP contribution < -0.4 is 0 Å². The van der Waals surface area contributed by atoms with Gasteiger partial charge in [0.2, 0.25) is 0 Å². The third-order valence-corrected chi connectivity index (χ3v) is 7.70. The van der Waals surface area contributed by atoms with Crippen molar-refractivity contribution in [3.63, 3.8) is 0 Å². The Balaban J connectivity index is 1.37. The van der Waals surface area contributed by atoms with Crippen LogP contribution in [0.15, 0.2) is 82.2 Å². The Morgan fingerprint density at radius 1 is 1.11 bits per heavy atom. The molecule has 2 aromatic carbocycles. The highest BCUT2D eigenvalue weighted by atomic mass is 32.2. The van der Waals surface area contributed by atoms with E-state index in [2.05, 4.69) is 16.0 Å². The lowest BCUT2D eigenvalue weighted by Gasteiger charge is -2.12. The van der Waals surface area contributed by atoms with E-state index >= 15 is 0 Å². The van der Waals surface area contributed by atoms with Crippen LogP contribution in [0.2, 0.25) is 0 Å². The summed E-state index contributed by atoms with van der Waals surface area (Å²) in [4.78, 5) is 46.9. The lowest BCUT2D eigenvalue weighted by atomic mass is 10.1. The zero-order valence-electron chi connectivity index (χ0n) is 19.6. The molecule has 186 valence electrons. The van der Waals surface area contributed by atoms with E-state index in [0.717, 1.165) is 0 Å². The van der Waals surface area contributed by atoms with E-state index in [4.69, 9.17) is 0 Å². The van der Waals surface area contributed by atoms with Crippen LogP contribution in [-0.4, -0.2) is 38.2 Å². The van der Waals surface area contributed by atoms with Crippen molar-refractivity contribution in [2.75, 3.05) is 6.54 Å². The van der Waals surface area contributed by atoms with E-state index in [-0.39, 0.29) is 29.6 Å². The lowest BCUT2D eigenvalue weighted by Crippen LogP contribution is -2.31. The highest BCUT2D eigenvalue weighted by Gasteiger charge is 2.34. The number of nitriles is 1. The second-order valence-electron chi connectivity index (χ2n) is 8.12. The number of hydrogen-bond donors (Lipinski definition) is 0. The molecule has 2 aromatic heterocycles. The monoisotopic (exact) mass is 539 g/mol. The van der Waals surface area contributed by atoms with Gasteiger partial charge in [-0.2, -0.15) is 5.26 Å². The number of rotatable bonds is 8. The summed E-state index contributed by atoms with van der Waals surface area (Å²) in [7, 11) is 0. The Labute approximate surface area is 225 Å². The molecule has 11 heteroatoms. The highest BCUT2D eigenvalue weighted by molar-refractivity contribution is 7.99. The standard InChI is InChI=1S/C27H17N5O4S2/c28-15-18(13-17-14-20(32(35)36)8-9-23(17)38-24-7-3-4-11-29-24)25-30-19(16-37-25)10-12-31-26(33)21-5-1-2-6-22(21)27(31)34/h1-9,11,13-14,16H,10,12H2/b18-13+. The van der Waals surface area contributed by atoms with Gasteiger partial charge in [0.15, 0.2) is 0 Å². The van der Waals surface area contributed by atoms with Gasteiger partial charge < -0.3 is 0 Å². The maximum absolute atomic E-state index is 12.6. The van der Waals surface area contributed by atoms with Gasteiger partial charge in [0, 0.05) is 41.6 Å². The zero-order valence-corrected chi connectivity index (χ0v) is 21.2. The number of hydrogen-bond acceptors (Lipinski definition) is 9. The molecule has 0 N–H and O–H groups in total. The summed E-state index contributed by atoms with van der Waals surface area (Å²) in [5.41, 5.74) is 2.05. The van der Waals surface area contributed by atoms with E-state index < -0.39 is 4.92 Å². The van der Waals surface area contributed by atoms with Crippen LogP contribution in [0, 0.1) is 21.4 Å². The van der Waals surface area contributed by atoms with Crippen molar-refractivity contribution in [1.29, 1.82) is 5.26 Å².